The van der Waals surface area contributed by atoms with Crippen LogP contribution < -0.4 is 21.3 Å². The third-order valence-electron chi connectivity index (χ3n) is 5.34. The van der Waals surface area contributed by atoms with E-state index in [1.807, 2.05) is 38.0 Å². The average Bonchev–Trinajstić information content (AvgIpc) is 3.23. The van der Waals surface area contributed by atoms with E-state index in [2.05, 4.69) is 20.1 Å². The number of anilines is 2. The minimum Gasteiger partial charge on any atom is -0.392 e. The highest BCUT2D eigenvalue weighted by Gasteiger charge is 2.35. The van der Waals surface area contributed by atoms with Gasteiger partial charge in [-0.2, -0.15) is 5.10 Å². The molecule has 2 aliphatic heterocycles. The highest BCUT2D eigenvalue weighted by molar-refractivity contribution is 8.03. The molecule has 0 aliphatic carbocycles. The molecule has 2 aliphatic rings. The predicted octanol–water partition coefficient (Wildman–Crippen LogP) is 2.35. The number of hydrogen-bond acceptors (Lipinski definition) is 8. The van der Waals surface area contributed by atoms with Gasteiger partial charge in [-0.1, -0.05) is 16.9 Å². The summed E-state index contributed by atoms with van der Waals surface area (Å²) in [5.74, 6) is 1.93. The zero-order valence-electron chi connectivity index (χ0n) is 16.1. The molecule has 4 rings (SSSR count). The molecule has 27 heavy (non-hydrogen) atoms. The molecule has 1 fully saturated rings. The van der Waals surface area contributed by atoms with Gasteiger partial charge in [0.25, 0.3) is 0 Å². The standard InChI is InChI=1S/C18H27N7OS/c1-11-16(12(2)26-22-11)18-25(10-15(20)27-18)14-9-21-23(3)17(14)24-7-4-5-13(19)6-8-24/h9-10,13,18H,4-8,19-20H2,1-3H3/t13-,18?/m0/s1. The quantitative estimate of drug-likeness (QED) is 0.825. The molecule has 0 aromatic carbocycles. The summed E-state index contributed by atoms with van der Waals surface area (Å²) in [5, 5.41) is 9.45. The van der Waals surface area contributed by atoms with Crippen molar-refractivity contribution in [1.82, 2.24) is 14.9 Å². The second-order valence-electron chi connectivity index (χ2n) is 7.30. The highest BCUT2D eigenvalue weighted by atomic mass is 32.2. The van der Waals surface area contributed by atoms with Crippen molar-refractivity contribution >= 4 is 23.3 Å². The van der Waals surface area contributed by atoms with E-state index in [4.69, 9.17) is 16.0 Å². The van der Waals surface area contributed by atoms with E-state index >= 15 is 0 Å². The number of aryl methyl sites for hydroxylation is 3. The molecule has 0 saturated carbocycles. The van der Waals surface area contributed by atoms with Crippen molar-refractivity contribution in [2.75, 3.05) is 22.9 Å². The maximum atomic E-state index is 6.21. The Morgan fingerprint density at radius 1 is 1.26 bits per heavy atom. The van der Waals surface area contributed by atoms with Gasteiger partial charge < -0.3 is 25.8 Å². The number of nitrogens with zero attached hydrogens (tertiary/aromatic N) is 5. The van der Waals surface area contributed by atoms with E-state index in [0.29, 0.717) is 0 Å². The van der Waals surface area contributed by atoms with Crippen LogP contribution in [0.2, 0.25) is 0 Å². The molecular weight excluding hydrogens is 362 g/mol. The Labute approximate surface area is 163 Å². The molecule has 9 heteroatoms. The van der Waals surface area contributed by atoms with E-state index in [1.165, 1.54) is 0 Å². The van der Waals surface area contributed by atoms with E-state index in [9.17, 15) is 0 Å². The van der Waals surface area contributed by atoms with Gasteiger partial charge in [-0.05, 0) is 33.1 Å². The maximum absolute atomic E-state index is 6.21. The Bertz CT molecular complexity index is 839. The molecule has 4 N–H and O–H groups in total. The molecule has 0 bridgehead atoms. The Morgan fingerprint density at radius 2 is 2.07 bits per heavy atom. The number of nitrogens with two attached hydrogens (primary N) is 2. The number of aromatic nitrogens is 3. The molecule has 0 amide bonds. The van der Waals surface area contributed by atoms with Crippen LogP contribution in [-0.2, 0) is 7.05 Å². The Balaban J connectivity index is 1.72. The van der Waals surface area contributed by atoms with Crippen LogP contribution in [0.3, 0.4) is 0 Å². The molecule has 2 atom stereocenters. The topological polar surface area (TPSA) is 102 Å². The van der Waals surface area contributed by atoms with Crippen LogP contribution >= 0.6 is 11.8 Å². The summed E-state index contributed by atoms with van der Waals surface area (Å²) >= 11 is 1.61. The summed E-state index contributed by atoms with van der Waals surface area (Å²) in [5.41, 5.74) is 15.4. The third kappa shape index (κ3) is 3.29. The average molecular weight is 390 g/mol. The first-order valence-electron chi connectivity index (χ1n) is 9.33. The molecule has 2 aromatic rings. The van der Waals surface area contributed by atoms with Crippen molar-refractivity contribution in [1.29, 1.82) is 0 Å². The first-order valence-corrected chi connectivity index (χ1v) is 10.2. The van der Waals surface area contributed by atoms with Gasteiger partial charge in [0, 0.05) is 32.4 Å². The fraction of sp³-hybridized carbons (Fsp3) is 0.556. The van der Waals surface area contributed by atoms with Crippen LogP contribution in [0, 0.1) is 13.8 Å². The fourth-order valence-electron chi connectivity index (χ4n) is 3.96. The summed E-state index contributed by atoms with van der Waals surface area (Å²) in [6.45, 7) is 5.84. The van der Waals surface area contributed by atoms with Gasteiger partial charge in [-0.15, -0.1) is 0 Å². The van der Waals surface area contributed by atoms with Crippen LogP contribution in [0.1, 0.15) is 41.7 Å². The zero-order valence-corrected chi connectivity index (χ0v) is 16.9. The molecule has 8 nitrogen and oxygen atoms in total. The monoisotopic (exact) mass is 389 g/mol. The summed E-state index contributed by atoms with van der Waals surface area (Å²) in [6.07, 6.45) is 7.06. The molecular formula is C18H27N7OS. The van der Waals surface area contributed by atoms with Crippen molar-refractivity contribution in [3.05, 3.63) is 34.4 Å². The first kappa shape index (κ1) is 18.2. The molecule has 146 valence electrons. The normalized spacial score (nSPS) is 23.6. The predicted molar refractivity (Wildman–Crippen MR) is 108 cm³/mol. The highest BCUT2D eigenvalue weighted by Crippen LogP contribution is 2.48. The van der Waals surface area contributed by atoms with Gasteiger partial charge in [-0.25, -0.2) is 0 Å². The fourth-order valence-corrected chi connectivity index (χ4v) is 5.13. The van der Waals surface area contributed by atoms with Gasteiger partial charge in [-0.3, -0.25) is 4.68 Å². The van der Waals surface area contributed by atoms with Crippen molar-refractivity contribution in [2.45, 2.75) is 44.5 Å². The second-order valence-corrected chi connectivity index (χ2v) is 8.46. The summed E-state index contributed by atoms with van der Waals surface area (Å²) in [7, 11) is 1.99. The van der Waals surface area contributed by atoms with Crippen molar-refractivity contribution in [3.63, 3.8) is 0 Å². The van der Waals surface area contributed by atoms with Crippen LogP contribution in [0.25, 0.3) is 0 Å². The second kappa shape index (κ2) is 7.12. The van der Waals surface area contributed by atoms with E-state index < -0.39 is 0 Å². The lowest BCUT2D eigenvalue weighted by atomic mass is 10.1. The van der Waals surface area contributed by atoms with Gasteiger partial charge >= 0.3 is 0 Å². The number of rotatable bonds is 3. The lowest BCUT2D eigenvalue weighted by Gasteiger charge is -2.29. The van der Waals surface area contributed by atoms with Crippen LogP contribution in [0.5, 0.6) is 0 Å². The van der Waals surface area contributed by atoms with Gasteiger partial charge in [0.1, 0.15) is 16.8 Å². The lowest BCUT2D eigenvalue weighted by Crippen LogP contribution is -2.30. The van der Waals surface area contributed by atoms with Crippen LogP contribution in [0.15, 0.2) is 21.9 Å². The van der Waals surface area contributed by atoms with E-state index in [1.54, 1.807) is 11.8 Å². The van der Waals surface area contributed by atoms with Crippen molar-refractivity contribution in [3.8, 4) is 0 Å². The minimum absolute atomic E-state index is 0.00608. The smallest absolute Gasteiger partial charge is 0.150 e. The lowest BCUT2D eigenvalue weighted by molar-refractivity contribution is 0.392. The van der Waals surface area contributed by atoms with E-state index in [0.717, 1.165) is 65.9 Å². The maximum Gasteiger partial charge on any atom is 0.150 e. The van der Waals surface area contributed by atoms with Crippen LogP contribution in [0.4, 0.5) is 11.5 Å². The number of thioether (sulfide) groups is 1. The minimum atomic E-state index is -0.00608. The zero-order chi connectivity index (χ0) is 19.1. The molecule has 1 unspecified atom stereocenters. The SMILES string of the molecule is Cc1noc(C)c1C1SC(N)=CN1c1cnn(C)c1N1CCC[C@H](N)CC1. The number of hydrogen-bond donors (Lipinski definition) is 2. The van der Waals surface area contributed by atoms with Crippen LogP contribution in [-0.4, -0.2) is 34.1 Å². The Hall–Kier alpha value is -2.13. The van der Waals surface area contributed by atoms with Crippen molar-refractivity contribution in [2.24, 2.45) is 18.5 Å². The molecule has 4 heterocycles. The van der Waals surface area contributed by atoms with Gasteiger partial charge in [0.15, 0.2) is 5.82 Å². The molecule has 0 spiro atoms. The summed E-state index contributed by atoms with van der Waals surface area (Å²) in [4.78, 5) is 4.59. The Kier molecular flexibility index (Phi) is 4.81. The molecule has 1 saturated heterocycles. The Morgan fingerprint density at radius 3 is 2.81 bits per heavy atom. The van der Waals surface area contributed by atoms with Crippen molar-refractivity contribution < 1.29 is 4.52 Å². The largest absolute Gasteiger partial charge is 0.392 e. The molecule has 0 radical (unpaired) electrons. The summed E-state index contributed by atoms with van der Waals surface area (Å²) in [6, 6.07) is 0.277. The van der Waals surface area contributed by atoms with Gasteiger partial charge in [0.2, 0.25) is 0 Å². The summed E-state index contributed by atoms with van der Waals surface area (Å²) < 4.78 is 7.36. The third-order valence-corrected chi connectivity index (χ3v) is 6.41. The van der Waals surface area contributed by atoms with E-state index in [-0.39, 0.29) is 11.4 Å². The first-order chi connectivity index (χ1) is 13.0. The van der Waals surface area contributed by atoms with Gasteiger partial charge in [0.05, 0.1) is 22.5 Å². The molecule has 2 aromatic heterocycles.